The van der Waals surface area contributed by atoms with Crippen LogP contribution in [0.15, 0.2) is 53.6 Å². The normalized spacial score (nSPS) is 19.8. The van der Waals surface area contributed by atoms with Crippen molar-refractivity contribution in [1.29, 1.82) is 0 Å². The van der Waals surface area contributed by atoms with E-state index in [1.54, 1.807) is 17.1 Å². The molecule has 0 N–H and O–H groups in total. The van der Waals surface area contributed by atoms with E-state index in [4.69, 9.17) is 0 Å². The van der Waals surface area contributed by atoms with E-state index in [1.807, 2.05) is 42.2 Å². The van der Waals surface area contributed by atoms with Crippen LogP contribution in [-0.2, 0) is 0 Å². The zero-order valence-corrected chi connectivity index (χ0v) is 14.9. The van der Waals surface area contributed by atoms with E-state index in [1.165, 1.54) is 6.07 Å². The van der Waals surface area contributed by atoms with Crippen LogP contribution in [0, 0.1) is 12.7 Å². The largest absolute Gasteiger partial charge is 0.341 e. The number of hydrogen-bond donors (Lipinski definition) is 0. The Morgan fingerprint density at radius 2 is 1.85 bits per heavy atom. The molecule has 0 aromatic heterocycles. The standard InChI is InChI=1S/C21H22FN3O/c1-15-9-10-18(22)17(13-15)19-14-20(16-7-3-2-4-8-16)25(23-19)21(26)24-11-5-6-12-24/h2-4,7-10,13,20H,5-6,11-12,14H2,1H3. The molecule has 1 fully saturated rings. The molecule has 2 heterocycles. The molecule has 4 nitrogen and oxygen atoms in total. The number of likely N-dealkylation sites (tertiary alicyclic amines) is 1. The Bertz CT molecular complexity index is 844. The number of halogens is 1. The molecule has 1 atom stereocenters. The van der Waals surface area contributed by atoms with Crippen LogP contribution in [0.25, 0.3) is 0 Å². The lowest BCUT2D eigenvalue weighted by Crippen LogP contribution is -2.39. The maximum atomic E-state index is 14.4. The van der Waals surface area contributed by atoms with E-state index >= 15 is 0 Å². The summed E-state index contributed by atoms with van der Waals surface area (Å²) in [5, 5.41) is 6.13. The van der Waals surface area contributed by atoms with Crippen LogP contribution in [0.5, 0.6) is 0 Å². The molecule has 2 aromatic carbocycles. The topological polar surface area (TPSA) is 35.9 Å². The van der Waals surface area contributed by atoms with E-state index in [2.05, 4.69) is 5.10 Å². The number of carbonyl (C=O) groups is 1. The van der Waals surface area contributed by atoms with Crippen molar-refractivity contribution < 1.29 is 9.18 Å². The Morgan fingerprint density at radius 3 is 2.58 bits per heavy atom. The Hall–Kier alpha value is -2.69. The summed E-state index contributed by atoms with van der Waals surface area (Å²) in [5.74, 6) is -0.295. The lowest BCUT2D eigenvalue weighted by Gasteiger charge is -2.26. The highest BCUT2D eigenvalue weighted by molar-refractivity contribution is 6.03. The summed E-state index contributed by atoms with van der Waals surface area (Å²) < 4.78 is 14.4. The summed E-state index contributed by atoms with van der Waals surface area (Å²) in [7, 11) is 0. The zero-order valence-electron chi connectivity index (χ0n) is 14.9. The Morgan fingerprint density at radius 1 is 1.12 bits per heavy atom. The number of rotatable bonds is 2. The van der Waals surface area contributed by atoms with E-state index in [0.717, 1.165) is 37.1 Å². The average Bonchev–Trinajstić information content (AvgIpc) is 3.34. The predicted molar refractivity (Wildman–Crippen MR) is 99.5 cm³/mol. The highest BCUT2D eigenvalue weighted by atomic mass is 19.1. The van der Waals surface area contributed by atoms with Crippen molar-refractivity contribution in [3.05, 3.63) is 71.0 Å². The summed E-state index contributed by atoms with van der Waals surface area (Å²) in [6, 6.07) is 14.6. The molecule has 1 saturated heterocycles. The Labute approximate surface area is 152 Å². The third kappa shape index (κ3) is 3.09. The summed E-state index contributed by atoms with van der Waals surface area (Å²) in [5.41, 5.74) is 3.12. The highest BCUT2D eigenvalue weighted by Crippen LogP contribution is 2.34. The van der Waals surface area contributed by atoms with Gasteiger partial charge in [0.15, 0.2) is 0 Å². The fourth-order valence-electron chi connectivity index (χ4n) is 3.70. The minimum atomic E-state index is -0.295. The van der Waals surface area contributed by atoms with Gasteiger partial charge in [0.1, 0.15) is 5.82 Å². The van der Waals surface area contributed by atoms with Crippen molar-refractivity contribution in [2.45, 2.75) is 32.2 Å². The molecule has 2 amide bonds. The van der Waals surface area contributed by atoms with Crippen LogP contribution in [0.2, 0.25) is 0 Å². The second-order valence-electron chi connectivity index (χ2n) is 6.98. The predicted octanol–water partition coefficient (Wildman–Crippen LogP) is 4.50. The van der Waals surface area contributed by atoms with Gasteiger partial charge in [0.05, 0.1) is 11.8 Å². The maximum Gasteiger partial charge on any atom is 0.341 e. The quantitative estimate of drug-likeness (QED) is 0.785. The molecule has 0 spiro atoms. The molecule has 134 valence electrons. The van der Waals surface area contributed by atoms with Gasteiger partial charge in [-0.1, -0.05) is 42.0 Å². The lowest BCUT2D eigenvalue weighted by atomic mass is 9.97. The van der Waals surface area contributed by atoms with E-state index < -0.39 is 0 Å². The molecule has 0 saturated carbocycles. The average molecular weight is 351 g/mol. The minimum Gasteiger partial charge on any atom is -0.323 e. The first-order valence-electron chi connectivity index (χ1n) is 9.10. The number of hydrazone groups is 1. The molecule has 2 aliphatic heterocycles. The van der Waals surface area contributed by atoms with Gasteiger partial charge in [-0.25, -0.2) is 14.2 Å². The van der Waals surface area contributed by atoms with Gasteiger partial charge >= 0.3 is 6.03 Å². The molecular weight excluding hydrogens is 329 g/mol. The fourth-order valence-corrected chi connectivity index (χ4v) is 3.70. The van der Waals surface area contributed by atoms with E-state index in [-0.39, 0.29) is 17.9 Å². The first kappa shape index (κ1) is 16.8. The van der Waals surface area contributed by atoms with Gasteiger partial charge in [0.25, 0.3) is 0 Å². The van der Waals surface area contributed by atoms with Gasteiger partial charge in [0, 0.05) is 25.1 Å². The molecular formula is C21H22FN3O. The van der Waals surface area contributed by atoms with Crippen LogP contribution < -0.4 is 0 Å². The van der Waals surface area contributed by atoms with Gasteiger partial charge in [-0.15, -0.1) is 0 Å². The number of carbonyl (C=O) groups excluding carboxylic acids is 1. The third-order valence-corrected chi connectivity index (χ3v) is 5.10. The van der Waals surface area contributed by atoms with Crippen LogP contribution in [0.3, 0.4) is 0 Å². The second-order valence-corrected chi connectivity index (χ2v) is 6.98. The van der Waals surface area contributed by atoms with Crippen molar-refractivity contribution in [1.82, 2.24) is 9.91 Å². The van der Waals surface area contributed by atoms with Gasteiger partial charge in [0.2, 0.25) is 0 Å². The zero-order chi connectivity index (χ0) is 18.1. The van der Waals surface area contributed by atoms with Gasteiger partial charge in [-0.2, -0.15) is 5.10 Å². The number of nitrogens with zero attached hydrogens (tertiary/aromatic N) is 3. The number of urea groups is 1. The molecule has 1 unspecified atom stereocenters. The Balaban J connectivity index is 1.71. The third-order valence-electron chi connectivity index (χ3n) is 5.10. The van der Waals surface area contributed by atoms with Crippen LogP contribution in [0.1, 0.15) is 42.0 Å². The van der Waals surface area contributed by atoms with E-state index in [9.17, 15) is 9.18 Å². The molecule has 26 heavy (non-hydrogen) atoms. The molecule has 2 aromatic rings. The van der Waals surface area contributed by atoms with Crippen molar-refractivity contribution in [2.24, 2.45) is 5.10 Å². The molecule has 0 radical (unpaired) electrons. The summed E-state index contributed by atoms with van der Waals surface area (Å²) in [6.07, 6.45) is 2.57. The van der Waals surface area contributed by atoms with Crippen molar-refractivity contribution in [2.75, 3.05) is 13.1 Å². The summed E-state index contributed by atoms with van der Waals surface area (Å²) in [6.45, 7) is 3.46. The molecule has 2 aliphatic rings. The first-order valence-corrected chi connectivity index (χ1v) is 9.10. The maximum absolute atomic E-state index is 14.4. The smallest absolute Gasteiger partial charge is 0.323 e. The second kappa shape index (κ2) is 6.90. The highest BCUT2D eigenvalue weighted by Gasteiger charge is 2.36. The van der Waals surface area contributed by atoms with Gasteiger partial charge in [-0.05, 0) is 37.5 Å². The van der Waals surface area contributed by atoms with Crippen LogP contribution in [0.4, 0.5) is 9.18 Å². The van der Waals surface area contributed by atoms with Crippen molar-refractivity contribution in [3.63, 3.8) is 0 Å². The van der Waals surface area contributed by atoms with Crippen molar-refractivity contribution >= 4 is 11.7 Å². The first-order chi connectivity index (χ1) is 12.6. The lowest BCUT2D eigenvalue weighted by molar-refractivity contribution is 0.151. The fraction of sp³-hybridized carbons (Fsp3) is 0.333. The van der Waals surface area contributed by atoms with Gasteiger partial charge < -0.3 is 4.90 Å². The number of hydrogen-bond acceptors (Lipinski definition) is 2. The number of amides is 2. The molecule has 0 bridgehead atoms. The van der Waals surface area contributed by atoms with Crippen LogP contribution in [-0.4, -0.2) is 34.7 Å². The summed E-state index contributed by atoms with van der Waals surface area (Å²) in [4.78, 5) is 14.9. The molecule has 5 heteroatoms. The van der Waals surface area contributed by atoms with Gasteiger partial charge in [-0.3, -0.25) is 0 Å². The number of benzene rings is 2. The number of aryl methyl sites for hydroxylation is 1. The molecule has 4 rings (SSSR count). The SMILES string of the molecule is Cc1ccc(F)c(C2=NN(C(=O)N3CCCC3)C(c3ccccc3)C2)c1. The van der Waals surface area contributed by atoms with Crippen molar-refractivity contribution in [3.8, 4) is 0 Å². The monoisotopic (exact) mass is 351 g/mol. The van der Waals surface area contributed by atoms with E-state index in [0.29, 0.717) is 17.7 Å². The minimum absolute atomic E-state index is 0.0839. The van der Waals surface area contributed by atoms with Crippen LogP contribution >= 0.6 is 0 Å². The summed E-state index contributed by atoms with van der Waals surface area (Å²) >= 11 is 0. The molecule has 0 aliphatic carbocycles. The Kier molecular flexibility index (Phi) is 4.45.